The van der Waals surface area contributed by atoms with Gasteiger partial charge in [-0.2, -0.15) is 0 Å². The first-order valence-corrected chi connectivity index (χ1v) is 27.7. The summed E-state index contributed by atoms with van der Waals surface area (Å²) in [5, 5.41) is 0. The summed E-state index contributed by atoms with van der Waals surface area (Å²) in [5.41, 5.74) is 0. The van der Waals surface area contributed by atoms with Crippen LogP contribution < -0.4 is 0 Å². The monoisotopic (exact) mass is 573 g/mol. The molecule has 0 aromatic carbocycles. The summed E-state index contributed by atoms with van der Waals surface area (Å²) in [7, 11) is 17.0. The van der Waals surface area contributed by atoms with Crippen LogP contribution in [0.1, 0.15) is 79.1 Å². The van der Waals surface area contributed by atoms with Crippen molar-refractivity contribution in [2.75, 3.05) is 0 Å². The molecule has 129 valence electrons. The van der Waals surface area contributed by atoms with Crippen LogP contribution >= 0.6 is 26.8 Å². The molecule has 0 unspecified atom stereocenters. The normalized spacial score (nSPS) is 11.4. The van der Waals surface area contributed by atoms with Crippen molar-refractivity contribution in [2.45, 2.75) is 96.8 Å². The Balaban J connectivity index is 0. The molecule has 0 aliphatic heterocycles. The third-order valence-electron chi connectivity index (χ3n) is 3.47. The van der Waals surface area contributed by atoms with E-state index in [9.17, 15) is 0 Å². The second-order valence-corrected chi connectivity index (χ2v) is 36.2. The van der Waals surface area contributed by atoms with Crippen molar-refractivity contribution in [3.05, 3.63) is 0 Å². The van der Waals surface area contributed by atoms with Crippen LogP contribution in [0, 0.1) is 0 Å². The Hall–Kier alpha value is 2.47. The third-order valence-corrected chi connectivity index (χ3v) is 19.0. The zero-order valence-corrected chi connectivity index (χ0v) is 22.6. The standard InChI is InChI=1S/4C4H9.3ClH.2Sn/c4*1-3-4-2;;;;;/h4*1,3-4H2,2H3;3*1H;;/q;;;;;;;;+3/p-3. The molecule has 0 rings (SSSR count). The third kappa shape index (κ3) is 24.8. The molecule has 0 aromatic rings. The maximum absolute atomic E-state index is 5.65. The quantitative estimate of drug-likeness (QED) is 0.207. The van der Waals surface area contributed by atoms with Crippen molar-refractivity contribution in [1.82, 2.24) is 0 Å². The number of halogens is 3. The molecule has 0 fully saturated rings. The minimum absolute atomic E-state index is 0.839. The summed E-state index contributed by atoms with van der Waals surface area (Å²) in [6.45, 7) is 9.10. The molecule has 0 saturated carbocycles. The van der Waals surface area contributed by atoms with Gasteiger partial charge in [0.2, 0.25) is 0 Å². The minimum atomic E-state index is -2.89. The first-order valence-electron chi connectivity index (χ1n) is 8.81. The summed E-state index contributed by atoms with van der Waals surface area (Å²) in [6.07, 6.45) is 11.1. The average Bonchev–Trinajstić information content (AvgIpc) is 2.44. The first kappa shape index (κ1) is 25.7. The van der Waals surface area contributed by atoms with Crippen LogP contribution in [0.2, 0.25) is 17.7 Å². The topological polar surface area (TPSA) is 0 Å². The van der Waals surface area contributed by atoms with Gasteiger partial charge in [0, 0.05) is 0 Å². The van der Waals surface area contributed by atoms with Gasteiger partial charge < -0.3 is 0 Å². The number of hydrogen-bond donors (Lipinski definition) is 0. The molecule has 0 aliphatic rings. The van der Waals surface area contributed by atoms with E-state index in [1.165, 1.54) is 38.5 Å². The van der Waals surface area contributed by atoms with Crippen LogP contribution in [0.3, 0.4) is 0 Å². The molecule has 21 heavy (non-hydrogen) atoms. The Morgan fingerprint density at radius 1 is 0.619 bits per heavy atom. The maximum atomic E-state index is 5.65. The van der Waals surface area contributed by atoms with E-state index in [0.29, 0.717) is 0 Å². The van der Waals surface area contributed by atoms with Crippen LogP contribution in [0.5, 0.6) is 0 Å². The molecule has 0 nitrogen and oxygen atoms in total. The molecule has 0 amide bonds. The first-order chi connectivity index (χ1) is 9.91. The Morgan fingerprint density at radius 2 is 0.952 bits per heavy atom. The fourth-order valence-corrected chi connectivity index (χ4v) is 16.3. The molecule has 0 atom stereocenters. The number of hydrogen-bond acceptors (Lipinski definition) is 0. The molecule has 0 spiro atoms. The van der Waals surface area contributed by atoms with Crippen LogP contribution in [0.25, 0.3) is 0 Å². The molecule has 0 heterocycles. The van der Waals surface area contributed by atoms with E-state index in [1.807, 2.05) is 0 Å². The van der Waals surface area contributed by atoms with E-state index >= 15 is 0 Å². The van der Waals surface area contributed by atoms with Gasteiger partial charge in [0.05, 0.1) is 0 Å². The van der Waals surface area contributed by atoms with Gasteiger partial charge in [-0.15, -0.1) is 0 Å². The fourth-order valence-electron chi connectivity index (χ4n) is 2.03. The summed E-state index contributed by atoms with van der Waals surface area (Å²) in [5.74, 6) is 0. The summed E-state index contributed by atoms with van der Waals surface area (Å²) in [4.78, 5) is 0. The Kier molecular flexibility index (Phi) is 23.0. The molecule has 0 saturated heterocycles. The van der Waals surface area contributed by atoms with E-state index < -0.39 is 34.8 Å². The van der Waals surface area contributed by atoms with Crippen LogP contribution in [-0.4, -0.2) is 34.8 Å². The molecule has 0 aromatic heterocycles. The van der Waals surface area contributed by atoms with Gasteiger partial charge in [0.1, 0.15) is 0 Å². The second kappa shape index (κ2) is 18.8. The predicted molar refractivity (Wildman–Crippen MR) is 108 cm³/mol. The second-order valence-electron chi connectivity index (χ2n) is 5.78. The molecule has 0 N–H and O–H groups in total. The molecular formula is C16H36Cl3Sn2. The SMILES string of the molecule is CCC[CH2][Sn]([CH2]CCC)[CH2]CCC.CCC[CH2][Sn]([Cl])([Cl])[Cl]. The average molecular weight is 572 g/mol. The van der Waals surface area contributed by atoms with E-state index in [4.69, 9.17) is 26.8 Å². The molecule has 0 bridgehead atoms. The predicted octanol–water partition coefficient (Wildman–Crippen LogP) is 8.32. The Bertz CT molecular complexity index is 177. The Morgan fingerprint density at radius 3 is 1.14 bits per heavy atom. The zero-order chi connectivity index (χ0) is 16.6. The van der Waals surface area contributed by atoms with E-state index in [1.54, 1.807) is 13.3 Å². The van der Waals surface area contributed by atoms with Gasteiger partial charge in [-0.3, -0.25) is 0 Å². The number of rotatable bonds is 12. The van der Waals surface area contributed by atoms with Crippen LogP contribution in [-0.2, 0) is 0 Å². The van der Waals surface area contributed by atoms with Crippen LogP contribution in [0.4, 0.5) is 0 Å². The van der Waals surface area contributed by atoms with Crippen molar-refractivity contribution in [3.8, 4) is 0 Å². The molecule has 1 radical (unpaired) electrons. The fraction of sp³-hybridized carbons (Fsp3) is 1.00. The van der Waals surface area contributed by atoms with E-state index in [0.717, 1.165) is 17.3 Å². The summed E-state index contributed by atoms with van der Waals surface area (Å²) >= 11 is -3.73. The summed E-state index contributed by atoms with van der Waals surface area (Å²) in [6, 6.07) is 0. The Labute approximate surface area is 156 Å². The van der Waals surface area contributed by atoms with Gasteiger partial charge in [-0.25, -0.2) is 0 Å². The molecule has 5 heteroatoms. The number of unbranched alkanes of at least 4 members (excludes halogenated alkanes) is 4. The summed E-state index contributed by atoms with van der Waals surface area (Å²) < 4.78 is 5.91. The van der Waals surface area contributed by atoms with Gasteiger partial charge in [-0.05, 0) is 0 Å². The van der Waals surface area contributed by atoms with E-state index in [2.05, 4.69) is 27.7 Å². The molecule has 0 aliphatic carbocycles. The van der Waals surface area contributed by atoms with Crippen molar-refractivity contribution < 1.29 is 0 Å². The van der Waals surface area contributed by atoms with Gasteiger partial charge in [0.25, 0.3) is 0 Å². The van der Waals surface area contributed by atoms with Gasteiger partial charge in [-0.1, -0.05) is 0 Å². The van der Waals surface area contributed by atoms with Gasteiger partial charge in [0.15, 0.2) is 0 Å². The van der Waals surface area contributed by atoms with E-state index in [-0.39, 0.29) is 0 Å². The van der Waals surface area contributed by atoms with Crippen molar-refractivity contribution in [2.24, 2.45) is 0 Å². The van der Waals surface area contributed by atoms with Crippen molar-refractivity contribution in [3.63, 3.8) is 0 Å². The zero-order valence-electron chi connectivity index (χ0n) is 14.6. The van der Waals surface area contributed by atoms with Gasteiger partial charge >= 0.3 is 158 Å². The van der Waals surface area contributed by atoms with Crippen LogP contribution in [0.15, 0.2) is 0 Å². The van der Waals surface area contributed by atoms with Crippen molar-refractivity contribution >= 4 is 61.5 Å². The molecular weight excluding hydrogens is 536 g/mol. The van der Waals surface area contributed by atoms with Crippen molar-refractivity contribution in [1.29, 1.82) is 0 Å².